The number of fused-ring (bicyclic) bond motifs is 2. The molecular weight excluding hydrogens is 366 g/mol. The van der Waals surface area contributed by atoms with E-state index in [1.165, 1.54) is 11.1 Å². The van der Waals surface area contributed by atoms with Crippen LogP contribution in [-0.4, -0.2) is 46.8 Å². The molecule has 0 radical (unpaired) electrons. The van der Waals surface area contributed by atoms with Gasteiger partial charge in [0.25, 0.3) is 0 Å². The molecule has 3 heterocycles. The highest BCUT2D eigenvalue weighted by Crippen LogP contribution is 2.33. The number of likely N-dealkylation sites (tertiary alicyclic amines) is 1. The Morgan fingerprint density at radius 2 is 1.79 bits per heavy atom. The van der Waals surface area contributed by atoms with Crippen LogP contribution in [0.4, 0.5) is 0 Å². The van der Waals surface area contributed by atoms with E-state index in [4.69, 9.17) is 9.47 Å². The molecule has 0 amide bonds. The third-order valence-electron chi connectivity index (χ3n) is 6.07. The number of aryl methyl sites for hydroxylation is 2. The molecule has 1 saturated heterocycles. The van der Waals surface area contributed by atoms with E-state index >= 15 is 0 Å². The molecule has 0 spiro atoms. The maximum absolute atomic E-state index is 12.5. The molecule has 0 saturated carbocycles. The highest BCUT2D eigenvalue weighted by molar-refractivity contribution is 5.76. The lowest BCUT2D eigenvalue weighted by atomic mass is 10.0. The summed E-state index contributed by atoms with van der Waals surface area (Å²) in [6.45, 7) is 7.46. The van der Waals surface area contributed by atoms with Crippen molar-refractivity contribution in [1.29, 1.82) is 0 Å². The predicted octanol–water partition coefficient (Wildman–Crippen LogP) is 3.42. The first-order valence-corrected chi connectivity index (χ1v) is 10.4. The van der Waals surface area contributed by atoms with Gasteiger partial charge in [0, 0.05) is 25.7 Å². The van der Waals surface area contributed by atoms with Crippen molar-refractivity contribution >= 4 is 11.0 Å². The van der Waals surface area contributed by atoms with E-state index in [1.807, 2.05) is 28.8 Å². The Morgan fingerprint density at radius 3 is 2.62 bits per heavy atom. The number of H-pyrrole nitrogens is 1. The van der Waals surface area contributed by atoms with Crippen LogP contribution in [0.2, 0.25) is 0 Å². The van der Waals surface area contributed by atoms with Gasteiger partial charge in [-0.3, -0.25) is 9.47 Å². The standard InChI is InChI=1S/C23H27N3O3/c1-15-3-5-19-20(11-15)26(23(27)24-19)17-7-9-25(10-8-17)13-18-14-28-22-12-16(2)4-6-21(22)29-18/h3-6,11-12,17-18H,7-10,13-14H2,1-2H3,(H,24,27). The fourth-order valence-corrected chi connectivity index (χ4v) is 4.55. The van der Waals surface area contributed by atoms with Crippen LogP contribution in [0.25, 0.3) is 11.0 Å². The second-order valence-corrected chi connectivity index (χ2v) is 8.35. The van der Waals surface area contributed by atoms with Gasteiger partial charge in [-0.25, -0.2) is 4.79 Å². The Hall–Kier alpha value is -2.73. The topological polar surface area (TPSA) is 59.5 Å². The molecule has 0 bridgehead atoms. The van der Waals surface area contributed by atoms with Gasteiger partial charge in [0.05, 0.1) is 11.0 Å². The fourth-order valence-electron chi connectivity index (χ4n) is 4.55. The largest absolute Gasteiger partial charge is 0.486 e. The molecule has 1 fully saturated rings. The van der Waals surface area contributed by atoms with Gasteiger partial charge in [0.15, 0.2) is 11.5 Å². The van der Waals surface area contributed by atoms with E-state index in [1.54, 1.807) is 0 Å². The van der Waals surface area contributed by atoms with Crippen molar-refractivity contribution in [2.75, 3.05) is 26.2 Å². The maximum Gasteiger partial charge on any atom is 0.326 e. The molecule has 1 unspecified atom stereocenters. The SMILES string of the molecule is Cc1ccc2c(c1)OCC(CN1CCC(n3c(=O)[nH]c4ccc(C)cc43)CC1)O2. The number of aromatic nitrogens is 2. The Balaban J connectivity index is 1.24. The van der Waals surface area contributed by atoms with E-state index in [-0.39, 0.29) is 17.8 Å². The van der Waals surface area contributed by atoms with Crippen molar-refractivity contribution in [3.63, 3.8) is 0 Å². The van der Waals surface area contributed by atoms with Gasteiger partial charge in [0.2, 0.25) is 0 Å². The monoisotopic (exact) mass is 393 g/mol. The Bertz CT molecular complexity index is 1090. The zero-order valence-electron chi connectivity index (χ0n) is 17.0. The Kier molecular flexibility index (Phi) is 4.59. The molecule has 6 nitrogen and oxygen atoms in total. The smallest absolute Gasteiger partial charge is 0.326 e. The van der Waals surface area contributed by atoms with Crippen molar-refractivity contribution in [3.8, 4) is 11.5 Å². The molecule has 2 aliphatic rings. The molecule has 2 aromatic carbocycles. The van der Waals surface area contributed by atoms with Crippen molar-refractivity contribution < 1.29 is 9.47 Å². The van der Waals surface area contributed by atoms with Gasteiger partial charge in [-0.05, 0) is 62.1 Å². The highest BCUT2D eigenvalue weighted by atomic mass is 16.6. The molecular formula is C23H27N3O3. The minimum Gasteiger partial charge on any atom is -0.486 e. The van der Waals surface area contributed by atoms with E-state index in [0.717, 1.165) is 55.0 Å². The summed E-state index contributed by atoms with van der Waals surface area (Å²) in [4.78, 5) is 18.0. The zero-order chi connectivity index (χ0) is 20.0. The molecule has 3 aromatic rings. The van der Waals surface area contributed by atoms with Gasteiger partial charge in [-0.15, -0.1) is 0 Å². The van der Waals surface area contributed by atoms with E-state index in [0.29, 0.717) is 6.61 Å². The van der Waals surface area contributed by atoms with E-state index in [9.17, 15) is 4.79 Å². The first-order chi connectivity index (χ1) is 14.1. The molecule has 152 valence electrons. The van der Waals surface area contributed by atoms with Crippen LogP contribution in [0, 0.1) is 13.8 Å². The number of piperidine rings is 1. The van der Waals surface area contributed by atoms with E-state index < -0.39 is 0 Å². The first-order valence-electron chi connectivity index (χ1n) is 10.4. The molecule has 5 rings (SSSR count). The van der Waals surface area contributed by atoms with Gasteiger partial charge in [-0.1, -0.05) is 12.1 Å². The third kappa shape index (κ3) is 3.53. The number of imidazole rings is 1. The summed E-state index contributed by atoms with van der Waals surface area (Å²) >= 11 is 0. The van der Waals surface area contributed by atoms with Crippen molar-refractivity contribution in [3.05, 3.63) is 58.0 Å². The summed E-state index contributed by atoms with van der Waals surface area (Å²) in [5.74, 6) is 1.68. The summed E-state index contributed by atoms with van der Waals surface area (Å²) < 4.78 is 14.0. The van der Waals surface area contributed by atoms with Crippen molar-refractivity contribution in [2.45, 2.75) is 38.8 Å². The lowest BCUT2D eigenvalue weighted by molar-refractivity contribution is 0.0485. The molecule has 29 heavy (non-hydrogen) atoms. The Morgan fingerprint density at radius 1 is 1.03 bits per heavy atom. The van der Waals surface area contributed by atoms with Crippen LogP contribution < -0.4 is 15.2 Å². The maximum atomic E-state index is 12.5. The summed E-state index contributed by atoms with van der Waals surface area (Å²) in [6, 6.07) is 12.4. The van der Waals surface area contributed by atoms with Gasteiger partial charge in [0.1, 0.15) is 12.7 Å². The van der Waals surface area contributed by atoms with Gasteiger partial charge in [-0.2, -0.15) is 0 Å². The third-order valence-corrected chi connectivity index (χ3v) is 6.07. The lowest BCUT2D eigenvalue weighted by Crippen LogP contribution is -2.45. The summed E-state index contributed by atoms with van der Waals surface area (Å²) in [5, 5.41) is 0. The van der Waals surface area contributed by atoms with Gasteiger partial charge >= 0.3 is 5.69 Å². The number of nitrogens with zero attached hydrogens (tertiary/aromatic N) is 2. The van der Waals surface area contributed by atoms with Crippen LogP contribution in [0.3, 0.4) is 0 Å². The number of rotatable bonds is 3. The number of ether oxygens (including phenoxy) is 2. The Labute approximate surface area is 170 Å². The van der Waals surface area contributed by atoms with Crippen LogP contribution in [0.5, 0.6) is 11.5 Å². The highest BCUT2D eigenvalue weighted by Gasteiger charge is 2.28. The van der Waals surface area contributed by atoms with Crippen LogP contribution in [0.15, 0.2) is 41.2 Å². The molecule has 1 atom stereocenters. The average molecular weight is 393 g/mol. The first kappa shape index (κ1) is 18.3. The molecule has 1 N–H and O–H groups in total. The number of hydrogen-bond donors (Lipinski definition) is 1. The number of benzene rings is 2. The van der Waals surface area contributed by atoms with Gasteiger partial charge < -0.3 is 14.5 Å². The molecule has 1 aromatic heterocycles. The molecule has 2 aliphatic heterocycles. The van der Waals surface area contributed by atoms with Crippen molar-refractivity contribution in [1.82, 2.24) is 14.5 Å². The number of nitrogens with one attached hydrogen (secondary N) is 1. The minimum absolute atomic E-state index is 0.0000331. The summed E-state index contributed by atoms with van der Waals surface area (Å²) in [5.41, 5.74) is 4.29. The van der Waals surface area contributed by atoms with Crippen LogP contribution >= 0.6 is 0 Å². The van der Waals surface area contributed by atoms with E-state index in [2.05, 4.69) is 35.9 Å². The molecule has 0 aliphatic carbocycles. The second-order valence-electron chi connectivity index (χ2n) is 8.35. The number of aromatic amines is 1. The summed E-state index contributed by atoms with van der Waals surface area (Å²) in [7, 11) is 0. The fraction of sp³-hybridized carbons (Fsp3) is 0.435. The van der Waals surface area contributed by atoms with Crippen LogP contribution in [0.1, 0.15) is 30.0 Å². The normalized spacial score (nSPS) is 20.3. The predicted molar refractivity (Wildman–Crippen MR) is 113 cm³/mol. The molecule has 6 heteroatoms. The van der Waals surface area contributed by atoms with Crippen LogP contribution in [-0.2, 0) is 0 Å². The minimum atomic E-state index is -0.0000331. The second kappa shape index (κ2) is 7.26. The zero-order valence-corrected chi connectivity index (χ0v) is 17.0. The quantitative estimate of drug-likeness (QED) is 0.741. The average Bonchev–Trinajstić information content (AvgIpc) is 3.04. The number of hydrogen-bond acceptors (Lipinski definition) is 4. The lowest BCUT2D eigenvalue weighted by Gasteiger charge is -2.36. The summed E-state index contributed by atoms with van der Waals surface area (Å²) in [6.07, 6.45) is 1.97. The van der Waals surface area contributed by atoms with Crippen molar-refractivity contribution in [2.24, 2.45) is 0 Å².